The summed E-state index contributed by atoms with van der Waals surface area (Å²) in [4.78, 5) is 15.3. The summed E-state index contributed by atoms with van der Waals surface area (Å²) in [5.41, 5.74) is 2.89. The molecular weight excluding hydrogens is 194 g/mol. The van der Waals surface area contributed by atoms with Gasteiger partial charge in [-0.05, 0) is 18.2 Å². The maximum Gasteiger partial charge on any atom is 0.337 e. The lowest BCUT2D eigenvalue weighted by atomic mass is 10.2. The molecule has 0 amide bonds. The highest BCUT2D eigenvalue weighted by Crippen LogP contribution is 2.20. The molecule has 0 aliphatic heterocycles. The first-order chi connectivity index (χ1) is 6.15. The van der Waals surface area contributed by atoms with Gasteiger partial charge < -0.3 is 5.11 Å². The molecule has 0 saturated carbocycles. The Kier molecular flexibility index (Phi) is 3.11. The summed E-state index contributed by atoms with van der Waals surface area (Å²) < 4.78 is 0. The van der Waals surface area contributed by atoms with E-state index in [9.17, 15) is 4.79 Å². The Bertz CT molecular complexity index is 327. The molecule has 0 bridgehead atoms. The Morgan fingerprint density at radius 1 is 1.62 bits per heavy atom. The molecule has 5 heteroatoms. The zero-order valence-corrected chi connectivity index (χ0v) is 7.63. The average molecular weight is 202 g/mol. The van der Waals surface area contributed by atoms with Crippen molar-refractivity contribution < 1.29 is 14.7 Å². The number of aromatic carboxylic acids is 1. The van der Waals surface area contributed by atoms with Crippen LogP contribution in [0.2, 0.25) is 5.02 Å². The fourth-order valence-corrected chi connectivity index (χ4v) is 1.07. The zero-order chi connectivity index (χ0) is 9.84. The van der Waals surface area contributed by atoms with Crippen LogP contribution in [0.15, 0.2) is 18.2 Å². The Morgan fingerprint density at radius 2 is 2.31 bits per heavy atom. The van der Waals surface area contributed by atoms with Crippen molar-refractivity contribution >= 4 is 23.3 Å². The van der Waals surface area contributed by atoms with Crippen molar-refractivity contribution in [2.45, 2.75) is 0 Å². The van der Waals surface area contributed by atoms with Crippen molar-refractivity contribution in [3.05, 3.63) is 28.8 Å². The Labute approximate surface area is 80.0 Å². The second-order valence-corrected chi connectivity index (χ2v) is 2.74. The molecule has 0 saturated heterocycles. The van der Waals surface area contributed by atoms with Crippen LogP contribution in [0.25, 0.3) is 0 Å². The smallest absolute Gasteiger partial charge is 0.337 e. The number of hydrogen-bond donors (Lipinski definition) is 2. The molecule has 0 fully saturated rings. The van der Waals surface area contributed by atoms with E-state index in [1.807, 2.05) is 0 Å². The molecule has 1 aromatic carbocycles. The van der Waals surface area contributed by atoms with Crippen molar-refractivity contribution in [2.24, 2.45) is 0 Å². The minimum absolute atomic E-state index is 0.117. The minimum Gasteiger partial charge on any atom is -0.478 e. The summed E-state index contributed by atoms with van der Waals surface area (Å²) in [6.07, 6.45) is 0. The molecule has 0 spiro atoms. The SMILES string of the molecule is CONc1cc(Cl)ccc1C(=O)O. The quantitative estimate of drug-likeness (QED) is 0.735. The third kappa shape index (κ3) is 2.34. The number of nitrogens with one attached hydrogen (secondary N) is 1. The topological polar surface area (TPSA) is 58.6 Å². The van der Waals surface area contributed by atoms with Crippen LogP contribution < -0.4 is 5.48 Å². The molecule has 1 aromatic rings. The van der Waals surface area contributed by atoms with E-state index in [-0.39, 0.29) is 5.56 Å². The fraction of sp³-hybridized carbons (Fsp3) is 0.125. The number of rotatable bonds is 3. The molecule has 70 valence electrons. The first kappa shape index (κ1) is 9.83. The van der Waals surface area contributed by atoms with E-state index in [2.05, 4.69) is 10.3 Å². The highest BCUT2D eigenvalue weighted by molar-refractivity contribution is 6.31. The highest BCUT2D eigenvalue weighted by atomic mass is 35.5. The van der Waals surface area contributed by atoms with E-state index < -0.39 is 5.97 Å². The molecule has 4 nitrogen and oxygen atoms in total. The van der Waals surface area contributed by atoms with Gasteiger partial charge in [-0.2, -0.15) is 0 Å². The highest BCUT2D eigenvalue weighted by Gasteiger charge is 2.09. The van der Waals surface area contributed by atoms with Gasteiger partial charge in [0.15, 0.2) is 0 Å². The first-order valence-corrected chi connectivity index (χ1v) is 3.85. The number of anilines is 1. The monoisotopic (exact) mass is 201 g/mol. The minimum atomic E-state index is -1.03. The van der Waals surface area contributed by atoms with E-state index in [0.717, 1.165) is 0 Å². The van der Waals surface area contributed by atoms with Crippen LogP contribution in [-0.2, 0) is 4.84 Å². The number of carboxylic acids is 1. The second-order valence-electron chi connectivity index (χ2n) is 2.30. The normalized spacial score (nSPS) is 9.69. The van der Waals surface area contributed by atoms with Crippen LogP contribution in [0.1, 0.15) is 10.4 Å². The van der Waals surface area contributed by atoms with Gasteiger partial charge in [0.2, 0.25) is 0 Å². The van der Waals surface area contributed by atoms with E-state index in [0.29, 0.717) is 10.7 Å². The third-order valence-corrected chi connectivity index (χ3v) is 1.66. The fourth-order valence-electron chi connectivity index (χ4n) is 0.897. The number of halogens is 1. The molecule has 0 atom stereocenters. The van der Waals surface area contributed by atoms with Gasteiger partial charge in [-0.3, -0.25) is 10.3 Å². The molecule has 0 aromatic heterocycles. The molecule has 1 rings (SSSR count). The lowest BCUT2D eigenvalue weighted by Gasteiger charge is -2.06. The van der Waals surface area contributed by atoms with Gasteiger partial charge >= 0.3 is 5.97 Å². The second kappa shape index (κ2) is 4.11. The summed E-state index contributed by atoms with van der Waals surface area (Å²) in [5.74, 6) is -1.03. The van der Waals surface area contributed by atoms with Gasteiger partial charge in [0.25, 0.3) is 0 Å². The molecule has 0 aliphatic carbocycles. The molecule has 0 heterocycles. The van der Waals surface area contributed by atoms with E-state index in [4.69, 9.17) is 16.7 Å². The maximum absolute atomic E-state index is 10.7. The summed E-state index contributed by atoms with van der Waals surface area (Å²) >= 11 is 5.67. The summed E-state index contributed by atoms with van der Waals surface area (Å²) in [6.45, 7) is 0. The van der Waals surface area contributed by atoms with Crippen LogP contribution in [0, 0.1) is 0 Å². The van der Waals surface area contributed by atoms with Gasteiger partial charge in [-0.15, -0.1) is 0 Å². The van der Waals surface area contributed by atoms with Crippen LogP contribution in [-0.4, -0.2) is 18.2 Å². The molecule has 0 radical (unpaired) electrons. The van der Waals surface area contributed by atoms with E-state index in [1.165, 1.54) is 25.3 Å². The van der Waals surface area contributed by atoms with Gasteiger partial charge in [0.05, 0.1) is 18.4 Å². The van der Waals surface area contributed by atoms with Crippen molar-refractivity contribution in [1.29, 1.82) is 0 Å². The zero-order valence-electron chi connectivity index (χ0n) is 6.87. The van der Waals surface area contributed by atoms with Crippen LogP contribution in [0.3, 0.4) is 0 Å². The van der Waals surface area contributed by atoms with Gasteiger partial charge in [0, 0.05) is 5.02 Å². The molecule has 0 unspecified atom stereocenters. The molecule has 13 heavy (non-hydrogen) atoms. The molecule has 2 N–H and O–H groups in total. The number of carbonyl (C=O) groups is 1. The van der Waals surface area contributed by atoms with Crippen molar-refractivity contribution in [3.8, 4) is 0 Å². The first-order valence-electron chi connectivity index (χ1n) is 3.47. The molecule has 0 aliphatic rings. The van der Waals surface area contributed by atoms with E-state index >= 15 is 0 Å². The Balaban J connectivity index is 3.10. The summed E-state index contributed by atoms with van der Waals surface area (Å²) in [6, 6.07) is 4.40. The number of hydrogen-bond acceptors (Lipinski definition) is 3. The standard InChI is InChI=1S/C8H8ClNO3/c1-13-10-7-4-5(9)2-3-6(7)8(11)12/h2-4,10H,1H3,(H,11,12). The van der Waals surface area contributed by atoms with Crippen LogP contribution in [0.5, 0.6) is 0 Å². The average Bonchev–Trinajstić information content (AvgIpc) is 2.04. The Hall–Kier alpha value is -1.26. The summed E-state index contributed by atoms with van der Waals surface area (Å²) in [7, 11) is 1.40. The van der Waals surface area contributed by atoms with Gasteiger partial charge in [-0.1, -0.05) is 11.6 Å². The van der Waals surface area contributed by atoms with Crippen LogP contribution in [0.4, 0.5) is 5.69 Å². The largest absolute Gasteiger partial charge is 0.478 e. The van der Waals surface area contributed by atoms with Crippen molar-refractivity contribution in [3.63, 3.8) is 0 Å². The van der Waals surface area contributed by atoms with Gasteiger partial charge in [-0.25, -0.2) is 4.79 Å². The predicted molar refractivity (Wildman–Crippen MR) is 49.0 cm³/mol. The van der Waals surface area contributed by atoms with E-state index in [1.54, 1.807) is 0 Å². The van der Waals surface area contributed by atoms with Gasteiger partial charge in [0.1, 0.15) is 0 Å². The number of benzene rings is 1. The predicted octanol–water partition coefficient (Wildman–Crippen LogP) is 2.01. The molecular formula is C8H8ClNO3. The number of carboxylic acid groups (broad SMARTS) is 1. The lowest BCUT2D eigenvalue weighted by molar-refractivity contribution is 0.0697. The van der Waals surface area contributed by atoms with Crippen LogP contribution >= 0.6 is 11.6 Å². The Morgan fingerprint density at radius 3 is 2.85 bits per heavy atom. The maximum atomic E-state index is 10.7. The third-order valence-electron chi connectivity index (χ3n) is 1.42. The lowest BCUT2D eigenvalue weighted by Crippen LogP contribution is -2.04. The summed E-state index contributed by atoms with van der Waals surface area (Å²) in [5, 5.41) is 9.19. The van der Waals surface area contributed by atoms with Crippen molar-refractivity contribution in [1.82, 2.24) is 0 Å². The van der Waals surface area contributed by atoms with Crippen molar-refractivity contribution in [2.75, 3.05) is 12.6 Å².